The van der Waals surface area contributed by atoms with Gasteiger partial charge in [0, 0.05) is 5.56 Å². The first-order valence-corrected chi connectivity index (χ1v) is 7.12. The molecule has 1 aliphatic carbocycles. The maximum Gasteiger partial charge on any atom is 0.214 e. The largest absolute Gasteiger partial charge is 0.342 e. The zero-order valence-corrected chi connectivity index (χ0v) is 11.9. The fraction of sp³-hybridized carbons (Fsp3) is 0.467. The summed E-state index contributed by atoms with van der Waals surface area (Å²) in [5, 5.41) is 4.68. The van der Waals surface area contributed by atoms with Crippen LogP contribution in [0, 0.1) is 5.92 Å². The lowest BCUT2D eigenvalue weighted by Crippen LogP contribution is -1.98. The van der Waals surface area contributed by atoms with Crippen molar-refractivity contribution in [3.63, 3.8) is 0 Å². The van der Waals surface area contributed by atoms with Gasteiger partial charge < -0.3 is 4.52 Å². The number of hydrogen-bond donors (Lipinski definition) is 0. The van der Waals surface area contributed by atoms with Gasteiger partial charge in [-0.15, -0.1) is 0 Å². The van der Waals surface area contributed by atoms with Gasteiger partial charge in [0.25, 0.3) is 0 Å². The molecule has 0 spiro atoms. The third-order valence-electron chi connectivity index (χ3n) is 3.43. The molecule has 0 atom stereocenters. The smallest absolute Gasteiger partial charge is 0.214 e. The van der Waals surface area contributed by atoms with Gasteiger partial charge in [-0.1, -0.05) is 36.7 Å². The molecule has 100 valence electrons. The molecule has 1 heterocycles. The zero-order valence-electron chi connectivity index (χ0n) is 11.2. The lowest BCUT2D eigenvalue weighted by Gasteiger charge is -2.12. The Labute approximate surface area is 118 Å². The molecule has 3 rings (SSSR count). The van der Waals surface area contributed by atoms with Crippen molar-refractivity contribution in [3.8, 4) is 11.4 Å². The summed E-state index contributed by atoms with van der Waals surface area (Å²) in [6, 6.07) is 4.31. The molecule has 0 N–H and O–H groups in total. The number of aromatic nitrogens is 2. The summed E-state index contributed by atoms with van der Waals surface area (Å²) in [7, 11) is 0. The van der Waals surface area contributed by atoms with E-state index in [1.54, 1.807) is 0 Å². The summed E-state index contributed by atoms with van der Waals surface area (Å²) in [6.07, 6.45) is 4.86. The van der Waals surface area contributed by atoms with Gasteiger partial charge in [0.15, 0.2) is 0 Å². The lowest BCUT2D eigenvalue weighted by atomic mass is 9.95. The van der Waals surface area contributed by atoms with Crippen molar-refractivity contribution in [1.29, 1.82) is 0 Å². The van der Waals surface area contributed by atoms with Gasteiger partial charge in [0.1, 0.15) is 0 Å². The van der Waals surface area contributed by atoms with E-state index in [1.807, 2.05) is 6.07 Å². The van der Waals surface area contributed by atoms with Gasteiger partial charge in [-0.3, -0.25) is 0 Å². The summed E-state index contributed by atoms with van der Waals surface area (Å²) in [4.78, 5) is 4.15. The normalized spacial score (nSPS) is 15.2. The van der Waals surface area contributed by atoms with Crippen molar-refractivity contribution in [2.24, 2.45) is 5.92 Å². The van der Waals surface area contributed by atoms with E-state index in [2.05, 4.69) is 30.1 Å². The second kappa shape index (κ2) is 4.97. The Morgan fingerprint density at radius 1 is 1.37 bits per heavy atom. The summed E-state index contributed by atoms with van der Waals surface area (Å²) in [6.45, 7) is 4.44. The van der Waals surface area contributed by atoms with E-state index in [-0.39, 0.29) is 0 Å². The third-order valence-corrected chi connectivity index (χ3v) is 3.72. The Hall–Kier alpha value is -1.35. The molecule has 0 unspecified atom stereocenters. The van der Waals surface area contributed by atoms with Crippen molar-refractivity contribution in [2.45, 2.75) is 39.0 Å². The minimum Gasteiger partial charge on any atom is -0.342 e. The molecule has 1 saturated carbocycles. The van der Waals surface area contributed by atoms with E-state index in [1.165, 1.54) is 30.4 Å². The number of rotatable bonds is 4. The van der Waals surface area contributed by atoms with E-state index in [0.29, 0.717) is 17.7 Å². The second-order valence-corrected chi connectivity index (χ2v) is 6.08. The summed E-state index contributed by atoms with van der Waals surface area (Å²) < 4.78 is 4.85. The summed E-state index contributed by atoms with van der Waals surface area (Å²) in [5.41, 5.74) is 3.53. The molecular weight excluding hydrogens is 260 g/mol. The summed E-state index contributed by atoms with van der Waals surface area (Å²) >= 11 is 6.46. The molecule has 1 aromatic heterocycles. The number of benzene rings is 1. The number of hydrogen-bond acceptors (Lipinski definition) is 3. The van der Waals surface area contributed by atoms with Crippen molar-refractivity contribution >= 4 is 11.6 Å². The predicted octanol–water partition coefficient (Wildman–Crippen LogP) is 4.47. The molecule has 0 bridgehead atoms. The van der Waals surface area contributed by atoms with Crippen LogP contribution in [0.2, 0.25) is 5.02 Å². The van der Waals surface area contributed by atoms with Gasteiger partial charge in [-0.05, 0) is 48.3 Å². The highest BCUT2D eigenvalue weighted by Crippen LogP contribution is 2.46. The minimum atomic E-state index is 0.600. The number of halogens is 1. The van der Waals surface area contributed by atoms with E-state index < -0.39 is 0 Å². The van der Waals surface area contributed by atoms with Gasteiger partial charge in [-0.25, -0.2) is 0 Å². The first-order valence-electron chi connectivity index (χ1n) is 6.74. The molecule has 0 radical (unpaired) electrons. The fourth-order valence-corrected chi connectivity index (χ4v) is 2.84. The van der Waals surface area contributed by atoms with E-state index >= 15 is 0 Å². The standard InChI is InChI=1S/C15H17ClN2O/c1-9(2)5-10-6-12(11-3-4-11)14(13(16)7-10)15-17-8-19-18-15/h6-9,11H,3-5H2,1-2H3. The van der Waals surface area contributed by atoms with E-state index in [9.17, 15) is 0 Å². The lowest BCUT2D eigenvalue weighted by molar-refractivity contribution is 0.418. The van der Waals surface area contributed by atoms with Crippen molar-refractivity contribution in [1.82, 2.24) is 10.1 Å². The molecule has 4 heteroatoms. The van der Waals surface area contributed by atoms with Crippen LogP contribution >= 0.6 is 11.6 Å². The SMILES string of the molecule is CC(C)Cc1cc(Cl)c(-c2ncon2)c(C2CC2)c1. The minimum absolute atomic E-state index is 0.600. The monoisotopic (exact) mass is 276 g/mol. The van der Waals surface area contributed by atoms with Gasteiger partial charge in [0.2, 0.25) is 12.2 Å². The average Bonchev–Trinajstić information content (AvgIpc) is 3.05. The van der Waals surface area contributed by atoms with Crippen LogP contribution in [-0.4, -0.2) is 10.1 Å². The topological polar surface area (TPSA) is 38.9 Å². The zero-order chi connectivity index (χ0) is 13.4. The van der Waals surface area contributed by atoms with Gasteiger partial charge in [-0.2, -0.15) is 4.98 Å². The van der Waals surface area contributed by atoms with Crippen LogP contribution in [0.4, 0.5) is 0 Å². The Morgan fingerprint density at radius 3 is 2.74 bits per heavy atom. The van der Waals surface area contributed by atoms with Crippen LogP contribution in [0.15, 0.2) is 23.0 Å². The summed E-state index contributed by atoms with van der Waals surface area (Å²) in [5.74, 6) is 1.83. The predicted molar refractivity (Wildman–Crippen MR) is 75.3 cm³/mol. The Balaban J connectivity index is 2.08. The highest BCUT2D eigenvalue weighted by molar-refractivity contribution is 6.33. The Kier molecular flexibility index (Phi) is 3.31. The van der Waals surface area contributed by atoms with E-state index in [4.69, 9.17) is 16.1 Å². The quantitative estimate of drug-likeness (QED) is 0.827. The van der Waals surface area contributed by atoms with Gasteiger partial charge >= 0.3 is 0 Å². The fourth-order valence-electron chi connectivity index (χ4n) is 2.51. The van der Waals surface area contributed by atoms with Crippen LogP contribution in [-0.2, 0) is 6.42 Å². The van der Waals surface area contributed by atoms with Gasteiger partial charge in [0.05, 0.1) is 5.02 Å². The van der Waals surface area contributed by atoms with Crippen molar-refractivity contribution in [2.75, 3.05) is 0 Å². The maximum atomic E-state index is 6.46. The number of nitrogens with zero attached hydrogens (tertiary/aromatic N) is 2. The molecule has 0 saturated heterocycles. The van der Waals surface area contributed by atoms with Crippen LogP contribution in [0.3, 0.4) is 0 Å². The first kappa shape index (κ1) is 12.7. The third kappa shape index (κ3) is 2.66. The molecule has 19 heavy (non-hydrogen) atoms. The highest BCUT2D eigenvalue weighted by atomic mass is 35.5. The van der Waals surface area contributed by atoms with Crippen LogP contribution in [0.25, 0.3) is 11.4 Å². The van der Waals surface area contributed by atoms with Crippen LogP contribution in [0.1, 0.15) is 43.7 Å². The molecule has 0 aliphatic heterocycles. The molecule has 1 fully saturated rings. The first-order chi connectivity index (χ1) is 9.15. The van der Waals surface area contributed by atoms with Crippen LogP contribution in [0.5, 0.6) is 0 Å². The highest BCUT2D eigenvalue weighted by Gasteiger charge is 2.29. The maximum absolute atomic E-state index is 6.46. The molecule has 2 aromatic rings. The Morgan fingerprint density at radius 2 is 2.16 bits per heavy atom. The Bertz CT molecular complexity index is 574. The van der Waals surface area contributed by atoms with Crippen molar-refractivity contribution < 1.29 is 4.52 Å². The van der Waals surface area contributed by atoms with E-state index in [0.717, 1.165) is 17.0 Å². The van der Waals surface area contributed by atoms with Crippen molar-refractivity contribution in [3.05, 3.63) is 34.7 Å². The molecule has 0 amide bonds. The van der Waals surface area contributed by atoms with Crippen LogP contribution < -0.4 is 0 Å². The molecular formula is C15H17ClN2O. The molecule has 3 nitrogen and oxygen atoms in total. The molecule has 1 aromatic carbocycles. The second-order valence-electron chi connectivity index (χ2n) is 5.67. The average molecular weight is 277 g/mol. The molecule has 1 aliphatic rings.